The Bertz CT molecular complexity index is 456. The second-order valence-electron chi connectivity index (χ2n) is 4.36. The van der Waals surface area contributed by atoms with Gasteiger partial charge in [0, 0.05) is 24.9 Å². The van der Waals surface area contributed by atoms with Gasteiger partial charge in [0.05, 0.1) is 12.2 Å². The van der Waals surface area contributed by atoms with Gasteiger partial charge in [-0.3, -0.25) is 14.5 Å². The maximum Gasteiger partial charge on any atom is 0.317 e. The number of nitrogens with one attached hydrogen (secondary N) is 1. The van der Waals surface area contributed by atoms with Gasteiger partial charge in [0.1, 0.15) is 0 Å². The monoisotopic (exact) mass is 269 g/mol. The van der Waals surface area contributed by atoms with Crippen LogP contribution in [0.1, 0.15) is 25.5 Å². The van der Waals surface area contributed by atoms with Crippen molar-refractivity contribution in [2.24, 2.45) is 0 Å². The number of carbonyl (C=O) groups is 2. The zero-order chi connectivity index (χ0) is 13.1. The van der Waals surface area contributed by atoms with Crippen molar-refractivity contribution in [1.29, 1.82) is 0 Å². The van der Waals surface area contributed by atoms with Crippen LogP contribution < -0.4 is 5.32 Å². The zero-order valence-corrected chi connectivity index (χ0v) is 10.9. The summed E-state index contributed by atoms with van der Waals surface area (Å²) in [6.07, 6.45) is 2.10. The Hall–Kier alpha value is -1.47. The van der Waals surface area contributed by atoms with E-state index in [-0.39, 0.29) is 12.5 Å². The van der Waals surface area contributed by atoms with E-state index in [1.807, 2.05) is 10.3 Å². The highest BCUT2D eigenvalue weighted by atomic mass is 32.1. The molecule has 0 bridgehead atoms. The number of thiazole rings is 1. The van der Waals surface area contributed by atoms with E-state index in [1.165, 1.54) is 18.3 Å². The van der Waals surface area contributed by atoms with Gasteiger partial charge in [0.15, 0.2) is 5.13 Å². The van der Waals surface area contributed by atoms with E-state index in [4.69, 9.17) is 5.11 Å². The van der Waals surface area contributed by atoms with Crippen molar-refractivity contribution in [2.45, 2.75) is 32.4 Å². The number of hydrogen-bond acceptors (Lipinski definition) is 5. The number of aliphatic carboxylic acids is 1. The summed E-state index contributed by atoms with van der Waals surface area (Å²) in [7, 11) is 0. The number of hydrogen-bond donors (Lipinski definition) is 2. The molecule has 1 saturated carbocycles. The lowest BCUT2D eigenvalue weighted by atomic mass is 10.4. The highest BCUT2D eigenvalue weighted by Gasteiger charge is 2.30. The molecule has 0 aliphatic heterocycles. The summed E-state index contributed by atoms with van der Waals surface area (Å²) < 4.78 is 0. The number of nitrogens with zero attached hydrogens (tertiary/aromatic N) is 2. The largest absolute Gasteiger partial charge is 0.480 e. The molecule has 0 saturated heterocycles. The van der Waals surface area contributed by atoms with Crippen molar-refractivity contribution in [1.82, 2.24) is 9.88 Å². The maximum absolute atomic E-state index is 10.9. The van der Waals surface area contributed by atoms with Crippen LogP contribution in [0.4, 0.5) is 5.13 Å². The molecule has 2 rings (SSSR count). The number of carboxylic acid groups (broad SMARTS) is 1. The molecule has 98 valence electrons. The number of anilines is 1. The van der Waals surface area contributed by atoms with Gasteiger partial charge in [-0.1, -0.05) is 0 Å². The molecule has 1 aromatic rings. The number of carboxylic acids is 1. The number of rotatable bonds is 6. The average Bonchev–Trinajstić information content (AvgIpc) is 3.00. The fourth-order valence-electron chi connectivity index (χ4n) is 1.72. The third-order valence-corrected chi connectivity index (χ3v) is 3.41. The topological polar surface area (TPSA) is 82.5 Å². The van der Waals surface area contributed by atoms with Gasteiger partial charge in [-0.05, 0) is 12.8 Å². The normalized spacial score (nSPS) is 14.8. The Kier molecular flexibility index (Phi) is 3.93. The number of aromatic nitrogens is 1. The van der Waals surface area contributed by atoms with Gasteiger partial charge < -0.3 is 10.4 Å². The van der Waals surface area contributed by atoms with Crippen molar-refractivity contribution < 1.29 is 14.7 Å². The molecule has 0 spiro atoms. The molecule has 0 aromatic carbocycles. The van der Waals surface area contributed by atoms with E-state index in [2.05, 4.69) is 10.3 Å². The maximum atomic E-state index is 10.9. The highest BCUT2D eigenvalue weighted by molar-refractivity contribution is 7.13. The lowest BCUT2D eigenvalue weighted by Gasteiger charge is -2.17. The van der Waals surface area contributed by atoms with Crippen LogP contribution in [0.15, 0.2) is 5.38 Å². The first-order chi connectivity index (χ1) is 8.54. The van der Waals surface area contributed by atoms with Crippen LogP contribution in [-0.2, 0) is 16.1 Å². The van der Waals surface area contributed by atoms with Gasteiger partial charge in [-0.2, -0.15) is 0 Å². The first-order valence-corrected chi connectivity index (χ1v) is 6.60. The average molecular weight is 269 g/mol. The zero-order valence-electron chi connectivity index (χ0n) is 10.0. The number of carbonyl (C=O) groups excluding carboxylic acids is 1. The molecule has 0 atom stereocenters. The van der Waals surface area contributed by atoms with Crippen molar-refractivity contribution >= 4 is 28.3 Å². The molecule has 1 amide bonds. The summed E-state index contributed by atoms with van der Waals surface area (Å²) in [5, 5.41) is 13.9. The summed E-state index contributed by atoms with van der Waals surface area (Å²) in [4.78, 5) is 27.8. The number of amides is 1. The van der Waals surface area contributed by atoms with E-state index in [0.717, 1.165) is 18.5 Å². The van der Waals surface area contributed by atoms with E-state index in [1.54, 1.807) is 0 Å². The Morgan fingerprint density at radius 3 is 2.89 bits per heavy atom. The second kappa shape index (κ2) is 5.45. The summed E-state index contributed by atoms with van der Waals surface area (Å²) in [6.45, 7) is 1.99. The van der Waals surface area contributed by atoms with Crippen molar-refractivity contribution in [3.05, 3.63) is 11.1 Å². The molecule has 0 radical (unpaired) electrons. The molecular weight excluding hydrogens is 254 g/mol. The van der Waals surface area contributed by atoms with Crippen LogP contribution in [0.25, 0.3) is 0 Å². The molecule has 1 fully saturated rings. The van der Waals surface area contributed by atoms with E-state index >= 15 is 0 Å². The van der Waals surface area contributed by atoms with Crippen molar-refractivity contribution in [3.63, 3.8) is 0 Å². The molecule has 2 N–H and O–H groups in total. The smallest absolute Gasteiger partial charge is 0.317 e. The molecule has 7 heteroatoms. The predicted octanol–water partition coefficient (Wildman–Crippen LogP) is 1.15. The summed E-state index contributed by atoms with van der Waals surface area (Å²) in [5.41, 5.74) is 0.803. The van der Waals surface area contributed by atoms with Crippen LogP contribution in [0.5, 0.6) is 0 Å². The Morgan fingerprint density at radius 1 is 1.61 bits per heavy atom. The van der Waals surface area contributed by atoms with Crippen molar-refractivity contribution in [2.75, 3.05) is 11.9 Å². The van der Waals surface area contributed by atoms with E-state index in [0.29, 0.717) is 17.7 Å². The standard InChI is InChI=1S/C11H15N3O3S/c1-7(15)12-11-13-8(6-18-11)4-14(5-10(16)17)9-2-3-9/h6,9H,2-5H2,1H3,(H,16,17)(H,12,13,15). The Morgan fingerprint density at radius 2 is 2.33 bits per heavy atom. The van der Waals surface area contributed by atoms with Gasteiger partial charge >= 0.3 is 5.97 Å². The molecule has 1 aliphatic carbocycles. The molecule has 0 unspecified atom stereocenters. The third-order valence-electron chi connectivity index (χ3n) is 2.60. The molecule has 18 heavy (non-hydrogen) atoms. The van der Waals surface area contributed by atoms with Gasteiger partial charge in [-0.25, -0.2) is 4.98 Å². The Labute approximate surface area is 109 Å². The molecule has 6 nitrogen and oxygen atoms in total. The quantitative estimate of drug-likeness (QED) is 0.809. The first kappa shape index (κ1) is 13.0. The fraction of sp³-hybridized carbons (Fsp3) is 0.545. The minimum Gasteiger partial charge on any atom is -0.480 e. The summed E-state index contributed by atoms with van der Waals surface area (Å²) in [5.74, 6) is -0.973. The second-order valence-corrected chi connectivity index (χ2v) is 5.21. The van der Waals surface area contributed by atoms with Crippen LogP contribution in [0.2, 0.25) is 0 Å². The van der Waals surface area contributed by atoms with E-state index < -0.39 is 5.97 Å². The van der Waals surface area contributed by atoms with Gasteiger partial charge in [0.2, 0.25) is 5.91 Å². The SMILES string of the molecule is CC(=O)Nc1nc(CN(CC(=O)O)C2CC2)cs1. The minimum absolute atomic E-state index is 0.0393. The highest BCUT2D eigenvalue weighted by Crippen LogP contribution is 2.28. The predicted molar refractivity (Wildman–Crippen MR) is 67.5 cm³/mol. The van der Waals surface area contributed by atoms with Crippen molar-refractivity contribution in [3.8, 4) is 0 Å². The Balaban J connectivity index is 1.95. The lowest BCUT2D eigenvalue weighted by molar-refractivity contribution is -0.138. The van der Waals surface area contributed by atoms with Gasteiger partial charge in [0.25, 0.3) is 0 Å². The van der Waals surface area contributed by atoms with Crippen LogP contribution in [0.3, 0.4) is 0 Å². The third kappa shape index (κ3) is 3.78. The molecule has 1 heterocycles. The van der Waals surface area contributed by atoms with Gasteiger partial charge in [-0.15, -0.1) is 11.3 Å². The lowest BCUT2D eigenvalue weighted by Crippen LogP contribution is -2.31. The summed E-state index contributed by atoms with van der Waals surface area (Å²) in [6, 6.07) is 0.368. The van der Waals surface area contributed by atoms with Crippen LogP contribution in [-0.4, -0.2) is 39.5 Å². The van der Waals surface area contributed by atoms with Crippen LogP contribution in [0, 0.1) is 0 Å². The fourth-order valence-corrected chi connectivity index (χ4v) is 2.47. The molecule has 1 aromatic heterocycles. The molecule has 1 aliphatic rings. The minimum atomic E-state index is -0.820. The first-order valence-electron chi connectivity index (χ1n) is 5.72. The molecular formula is C11H15N3O3S. The van der Waals surface area contributed by atoms with Crippen LogP contribution >= 0.6 is 11.3 Å². The summed E-state index contributed by atoms with van der Waals surface area (Å²) >= 11 is 1.35. The van der Waals surface area contributed by atoms with E-state index in [9.17, 15) is 9.59 Å².